The lowest BCUT2D eigenvalue weighted by Crippen LogP contribution is -1.92. The largest absolute Gasteiger partial charge is 0.454 e. The van der Waals surface area contributed by atoms with Crippen molar-refractivity contribution >= 4 is 28.0 Å². The zero-order valence-corrected chi connectivity index (χ0v) is 19.6. The van der Waals surface area contributed by atoms with Gasteiger partial charge in [0.05, 0.1) is 0 Å². The van der Waals surface area contributed by atoms with Gasteiger partial charge in [0.25, 0.3) is 0 Å². The lowest BCUT2D eigenvalue weighted by atomic mass is 9.97. The maximum Gasteiger partial charge on any atom is 0.238 e. The number of hydrogen-bond acceptors (Lipinski definition) is 5. The molecule has 4 aromatic rings. The molecule has 6 heteroatoms. The Hall–Kier alpha value is -3.82. The number of fused-ring (bicyclic) bond motifs is 1. The zero-order valence-electron chi connectivity index (χ0n) is 18.1. The summed E-state index contributed by atoms with van der Waals surface area (Å²) in [5.41, 5.74) is 5.99. The van der Waals surface area contributed by atoms with Crippen LogP contribution in [0.15, 0.2) is 74.5 Å². The van der Waals surface area contributed by atoms with Crippen molar-refractivity contribution in [3.05, 3.63) is 87.4 Å². The van der Waals surface area contributed by atoms with Crippen molar-refractivity contribution in [1.29, 1.82) is 5.26 Å². The Morgan fingerprint density at radius 2 is 1.52 bits per heavy atom. The Balaban J connectivity index is 1.65. The van der Waals surface area contributed by atoms with Gasteiger partial charge in [-0.15, -0.1) is 0 Å². The fourth-order valence-corrected chi connectivity index (χ4v) is 4.10. The predicted octanol–water partition coefficient (Wildman–Crippen LogP) is 7.34. The molecule has 0 radical (unpaired) electrons. The molecule has 5 rings (SSSR count). The summed E-state index contributed by atoms with van der Waals surface area (Å²) in [5.74, 6) is 2.21. The third-order valence-electron chi connectivity index (χ3n) is 5.47. The number of aliphatic imine (C=N–C) groups is 1. The third-order valence-corrected chi connectivity index (χ3v) is 6.16. The molecule has 1 aromatic heterocycles. The number of aryl methyl sites for hydroxylation is 2. The van der Waals surface area contributed by atoms with Gasteiger partial charge in [0.15, 0.2) is 11.5 Å². The number of nitriles is 1. The lowest BCUT2D eigenvalue weighted by molar-refractivity contribution is 0.174. The Morgan fingerprint density at radius 1 is 0.909 bits per heavy atom. The van der Waals surface area contributed by atoms with Crippen molar-refractivity contribution < 1.29 is 13.9 Å². The quantitative estimate of drug-likeness (QED) is 0.276. The summed E-state index contributed by atoms with van der Waals surface area (Å²) in [6.07, 6.45) is 1.66. The summed E-state index contributed by atoms with van der Waals surface area (Å²) in [4.78, 5) is 4.56. The van der Waals surface area contributed by atoms with Gasteiger partial charge in [-0.3, -0.25) is 0 Å². The highest BCUT2D eigenvalue weighted by molar-refractivity contribution is 9.10. The number of rotatable bonds is 4. The van der Waals surface area contributed by atoms with E-state index in [0.717, 1.165) is 37.9 Å². The van der Waals surface area contributed by atoms with E-state index in [2.05, 4.69) is 27.0 Å². The average molecular weight is 499 g/mol. The molecule has 1 aliphatic rings. The number of halogens is 1. The second-order valence-corrected chi connectivity index (χ2v) is 8.67. The van der Waals surface area contributed by atoms with Crippen LogP contribution in [-0.4, -0.2) is 13.0 Å². The van der Waals surface area contributed by atoms with Crippen LogP contribution in [0.5, 0.6) is 11.5 Å². The van der Waals surface area contributed by atoms with Crippen molar-refractivity contribution in [2.45, 2.75) is 13.8 Å². The molecule has 33 heavy (non-hydrogen) atoms. The van der Waals surface area contributed by atoms with Gasteiger partial charge in [-0.1, -0.05) is 59.7 Å². The Bertz CT molecular complexity index is 1410. The SMILES string of the molecule is Cc1ccc(-c2oc(N=Cc3cc4c(cc3Br)OCO4)c(C#N)c2-c2ccc(C)cc2)cc1. The van der Waals surface area contributed by atoms with Crippen LogP contribution in [0.3, 0.4) is 0 Å². The lowest BCUT2D eigenvalue weighted by Gasteiger charge is -2.05. The molecule has 0 saturated heterocycles. The van der Waals surface area contributed by atoms with Crippen LogP contribution in [0.4, 0.5) is 5.88 Å². The first kappa shape index (κ1) is 21.0. The number of furan rings is 1. The normalized spacial score (nSPS) is 12.3. The van der Waals surface area contributed by atoms with Gasteiger partial charge in [0.2, 0.25) is 12.7 Å². The fourth-order valence-electron chi connectivity index (χ4n) is 3.68. The first-order valence-electron chi connectivity index (χ1n) is 10.4. The van der Waals surface area contributed by atoms with Crippen LogP contribution in [-0.2, 0) is 0 Å². The van der Waals surface area contributed by atoms with Crippen molar-refractivity contribution in [1.82, 2.24) is 0 Å². The Labute approximate surface area is 200 Å². The van der Waals surface area contributed by atoms with Crippen LogP contribution < -0.4 is 9.47 Å². The summed E-state index contributed by atoms with van der Waals surface area (Å²) in [5, 5.41) is 10.1. The predicted molar refractivity (Wildman–Crippen MR) is 131 cm³/mol. The van der Waals surface area contributed by atoms with E-state index in [1.165, 1.54) is 0 Å². The van der Waals surface area contributed by atoms with E-state index >= 15 is 0 Å². The maximum atomic E-state index is 10.1. The van der Waals surface area contributed by atoms with Crippen molar-refractivity contribution in [2.75, 3.05) is 6.79 Å². The van der Waals surface area contributed by atoms with Crippen molar-refractivity contribution in [3.8, 4) is 40.0 Å². The van der Waals surface area contributed by atoms with Crippen LogP contribution >= 0.6 is 15.9 Å². The number of ether oxygens (including phenoxy) is 2. The maximum absolute atomic E-state index is 10.1. The van der Waals surface area contributed by atoms with Gasteiger partial charge in [0, 0.05) is 27.4 Å². The van der Waals surface area contributed by atoms with E-state index in [1.54, 1.807) is 6.21 Å². The van der Waals surface area contributed by atoms with E-state index in [4.69, 9.17) is 13.9 Å². The summed E-state index contributed by atoms with van der Waals surface area (Å²) in [6.45, 7) is 4.26. The first-order valence-corrected chi connectivity index (χ1v) is 11.2. The highest BCUT2D eigenvalue weighted by atomic mass is 79.9. The highest BCUT2D eigenvalue weighted by Crippen LogP contribution is 2.43. The first-order chi connectivity index (χ1) is 16.0. The zero-order chi connectivity index (χ0) is 22.9. The van der Waals surface area contributed by atoms with Gasteiger partial charge in [-0.25, -0.2) is 4.99 Å². The summed E-state index contributed by atoms with van der Waals surface area (Å²) in [6, 6.07) is 22.1. The van der Waals surface area contributed by atoms with E-state index < -0.39 is 0 Å². The monoisotopic (exact) mass is 498 g/mol. The molecular weight excluding hydrogens is 480 g/mol. The Morgan fingerprint density at radius 3 is 2.15 bits per heavy atom. The number of nitrogens with zero attached hydrogens (tertiary/aromatic N) is 2. The molecule has 162 valence electrons. The topological polar surface area (TPSA) is 67.8 Å². The fraction of sp³-hybridized carbons (Fsp3) is 0.111. The number of benzene rings is 3. The van der Waals surface area contributed by atoms with E-state index in [0.29, 0.717) is 22.8 Å². The van der Waals surface area contributed by atoms with Gasteiger partial charge < -0.3 is 13.9 Å². The van der Waals surface area contributed by atoms with Gasteiger partial charge >= 0.3 is 0 Å². The standard InChI is InChI=1S/C27H19BrN2O3/c1-16-3-7-18(8-4-16)25-21(13-29)27(33-26(25)19-9-5-17(2)6-10-19)30-14-20-11-23-24(12-22(20)28)32-15-31-23/h3-12,14H,15H2,1-2H3. The molecular formula is C27H19BrN2O3. The molecule has 0 amide bonds. The minimum Gasteiger partial charge on any atom is -0.454 e. The molecule has 5 nitrogen and oxygen atoms in total. The Kier molecular flexibility index (Phi) is 5.49. The smallest absolute Gasteiger partial charge is 0.238 e. The minimum atomic E-state index is 0.193. The van der Waals surface area contributed by atoms with Gasteiger partial charge in [0.1, 0.15) is 17.4 Å². The summed E-state index contributed by atoms with van der Waals surface area (Å²) < 4.78 is 17.9. The molecule has 0 fully saturated rings. The van der Waals surface area contributed by atoms with Crippen LogP contribution in [0.1, 0.15) is 22.3 Å². The summed E-state index contributed by atoms with van der Waals surface area (Å²) in [7, 11) is 0. The van der Waals surface area contributed by atoms with Crippen LogP contribution in [0.25, 0.3) is 22.5 Å². The molecule has 0 unspecified atom stereocenters. The molecule has 3 aromatic carbocycles. The van der Waals surface area contributed by atoms with Crippen molar-refractivity contribution in [2.24, 2.45) is 4.99 Å². The molecule has 0 saturated carbocycles. The molecule has 0 bridgehead atoms. The number of hydrogen-bond donors (Lipinski definition) is 0. The van der Waals surface area contributed by atoms with Gasteiger partial charge in [-0.05, 0) is 47.5 Å². The van der Waals surface area contributed by atoms with Crippen molar-refractivity contribution in [3.63, 3.8) is 0 Å². The molecule has 0 atom stereocenters. The van der Waals surface area contributed by atoms with Crippen LogP contribution in [0, 0.1) is 25.2 Å². The minimum absolute atomic E-state index is 0.193. The third kappa shape index (κ3) is 4.04. The molecule has 0 N–H and O–H groups in total. The second kappa shape index (κ2) is 8.61. The molecule has 0 aliphatic carbocycles. The highest BCUT2D eigenvalue weighted by Gasteiger charge is 2.23. The van der Waals surface area contributed by atoms with E-state index in [9.17, 15) is 5.26 Å². The summed E-state index contributed by atoms with van der Waals surface area (Å²) >= 11 is 3.54. The average Bonchev–Trinajstić information content (AvgIpc) is 3.42. The second-order valence-electron chi connectivity index (χ2n) is 7.82. The molecule has 0 spiro atoms. The van der Waals surface area contributed by atoms with E-state index in [1.807, 2.05) is 74.5 Å². The van der Waals surface area contributed by atoms with Crippen LogP contribution in [0.2, 0.25) is 0 Å². The molecule has 1 aliphatic heterocycles. The molecule has 2 heterocycles. The van der Waals surface area contributed by atoms with Gasteiger partial charge in [-0.2, -0.15) is 5.26 Å². The van der Waals surface area contributed by atoms with E-state index in [-0.39, 0.29) is 12.7 Å².